The lowest BCUT2D eigenvalue weighted by Crippen LogP contribution is -2.36. The number of methoxy groups -OCH3 is 1. The van der Waals surface area contributed by atoms with Crippen molar-refractivity contribution in [2.45, 2.75) is 44.9 Å². The Balaban J connectivity index is 1.38. The Hall–Kier alpha value is -2.74. The van der Waals surface area contributed by atoms with Gasteiger partial charge in [-0.3, -0.25) is 4.79 Å². The van der Waals surface area contributed by atoms with Crippen LogP contribution in [-0.2, 0) is 35.5 Å². The van der Waals surface area contributed by atoms with Gasteiger partial charge in [0.05, 0.1) is 6.42 Å². The van der Waals surface area contributed by atoms with Crippen LogP contribution in [0.4, 0.5) is 0 Å². The molecule has 1 amide bonds. The van der Waals surface area contributed by atoms with Crippen molar-refractivity contribution in [3.63, 3.8) is 0 Å². The summed E-state index contributed by atoms with van der Waals surface area (Å²) in [5.74, 6) is 1.75. The predicted octanol–water partition coefficient (Wildman–Crippen LogP) is 1.63. The van der Waals surface area contributed by atoms with Gasteiger partial charge in [-0.05, 0) is 25.0 Å². The number of amides is 1. The highest BCUT2D eigenvalue weighted by atomic mass is 16.5. The van der Waals surface area contributed by atoms with Gasteiger partial charge in [0.15, 0.2) is 11.4 Å². The van der Waals surface area contributed by atoms with E-state index in [2.05, 4.69) is 25.2 Å². The van der Waals surface area contributed by atoms with E-state index in [0.717, 1.165) is 42.8 Å². The van der Waals surface area contributed by atoms with E-state index >= 15 is 0 Å². The number of benzene rings is 1. The zero-order valence-corrected chi connectivity index (χ0v) is 14.6. The molecule has 4 rings (SSSR count). The zero-order chi connectivity index (χ0) is 17.9. The summed E-state index contributed by atoms with van der Waals surface area (Å²) in [5, 5.41) is 16.5. The maximum Gasteiger partial charge on any atom is 0.226 e. The highest BCUT2D eigenvalue weighted by Gasteiger charge is 2.22. The Morgan fingerprint density at radius 1 is 1.35 bits per heavy atom. The quantitative estimate of drug-likeness (QED) is 0.747. The van der Waals surface area contributed by atoms with Crippen LogP contribution >= 0.6 is 0 Å². The number of nitrogens with zero attached hydrogens (tertiary/aromatic N) is 4. The number of ether oxygens (including phenoxy) is 1. The summed E-state index contributed by atoms with van der Waals surface area (Å²) < 4.78 is 12.5. The molecule has 0 bridgehead atoms. The van der Waals surface area contributed by atoms with Crippen LogP contribution in [-0.4, -0.2) is 39.0 Å². The van der Waals surface area contributed by atoms with E-state index in [0.29, 0.717) is 17.9 Å². The van der Waals surface area contributed by atoms with Crippen LogP contribution in [0.1, 0.15) is 30.2 Å². The molecule has 0 aliphatic carbocycles. The molecule has 1 atom stereocenters. The number of carbonyl (C=O) groups is 1. The minimum Gasteiger partial charge on any atom is -0.377 e. The lowest BCUT2D eigenvalue weighted by molar-refractivity contribution is -0.121. The minimum atomic E-state index is -0.0381. The Morgan fingerprint density at radius 3 is 3.12 bits per heavy atom. The first-order valence-electron chi connectivity index (χ1n) is 8.77. The third kappa shape index (κ3) is 3.32. The summed E-state index contributed by atoms with van der Waals surface area (Å²) in [4.78, 5) is 12.5. The fraction of sp³-hybridized carbons (Fsp3) is 0.444. The molecule has 1 aliphatic rings. The molecule has 0 spiro atoms. The Kier molecular flexibility index (Phi) is 4.66. The molecule has 1 N–H and O–H groups in total. The molecule has 0 saturated carbocycles. The largest absolute Gasteiger partial charge is 0.377 e. The first kappa shape index (κ1) is 16.7. The third-order valence-corrected chi connectivity index (χ3v) is 4.74. The molecule has 0 radical (unpaired) electrons. The van der Waals surface area contributed by atoms with Crippen molar-refractivity contribution in [3.8, 4) is 0 Å². The number of rotatable bonds is 5. The van der Waals surface area contributed by atoms with Gasteiger partial charge in [0.25, 0.3) is 0 Å². The third-order valence-electron chi connectivity index (χ3n) is 4.74. The van der Waals surface area contributed by atoms with Crippen molar-refractivity contribution in [2.75, 3.05) is 7.11 Å². The van der Waals surface area contributed by atoms with E-state index in [1.807, 2.05) is 24.3 Å². The molecular weight excluding hydrogens is 334 g/mol. The van der Waals surface area contributed by atoms with Crippen molar-refractivity contribution < 1.29 is 14.1 Å². The monoisotopic (exact) mass is 355 g/mol. The van der Waals surface area contributed by atoms with Crippen LogP contribution < -0.4 is 5.32 Å². The number of nitrogens with one attached hydrogen (secondary N) is 1. The molecule has 2 aromatic heterocycles. The van der Waals surface area contributed by atoms with E-state index in [1.54, 1.807) is 7.11 Å². The summed E-state index contributed by atoms with van der Waals surface area (Å²) >= 11 is 0. The number of aryl methyl sites for hydroxylation is 1. The second-order valence-corrected chi connectivity index (χ2v) is 6.51. The van der Waals surface area contributed by atoms with Gasteiger partial charge in [-0.1, -0.05) is 17.3 Å². The van der Waals surface area contributed by atoms with Crippen molar-refractivity contribution >= 4 is 16.9 Å². The van der Waals surface area contributed by atoms with Gasteiger partial charge in [-0.2, -0.15) is 0 Å². The zero-order valence-electron chi connectivity index (χ0n) is 14.6. The first-order chi connectivity index (χ1) is 12.7. The average Bonchev–Trinajstić information content (AvgIpc) is 3.16. The van der Waals surface area contributed by atoms with Crippen LogP contribution in [0.25, 0.3) is 11.0 Å². The minimum absolute atomic E-state index is 0.0381. The van der Waals surface area contributed by atoms with E-state index in [4.69, 9.17) is 9.26 Å². The van der Waals surface area contributed by atoms with Crippen LogP contribution in [0.3, 0.4) is 0 Å². The predicted molar refractivity (Wildman–Crippen MR) is 93.3 cm³/mol. The van der Waals surface area contributed by atoms with Gasteiger partial charge in [-0.25, -0.2) is 0 Å². The standard InChI is InChI=1S/C18H21N5O3/c1-25-11-17-21-20-16-7-6-12(8-9-23(16)17)19-18(24)10-14-13-4-2-3-5-15(13)26-22-14/h2-5,12H,6-11H2,1H3,(H,19,24). The lowest BCUT2D eigenvalue weighted by atomic mass is 10.1. The number of hydrogen-bond donors (Lipinski definition) is 1. The van der Waals surface area contributed by atoms with Gasteiger partial charge >= 0.3 is 0 Å². The first-order valence-corrected chi connectivity index (χ1v) is 8.77. The summed E-state index contributed by atoms with van der Waals surface area (Å²) in [5.41, 5.74) is 1.37. The molecule has 136 valence electrons. The van der Waals surface area contributed by atoms with Crippen LogP contribution in [0.2, 0.25) is 0 Å². The maximum absolute atomic E-state index is 12.5. The average molecular weight is 355 g/mol. The van der Waals surface area contributed by atoms with Gasteiger partial charge in [-0.15, -0.1) is 10.2 Å². The summed E-state index contributed by atoms with van der Waals surface area (Å²) in [6.45, 7) is 1.22. The molecule has 3 heterocycles. The van der Waals surface area contributed by atoms with Crippen molar-refractivity contribution in [3.05, 3.63) is 41.6 Å². The van der Waals surface area contributed by atoms with Crippen LogP contribution in [0, 0.1) is 0 Å². The van der Waals surface area contributed by atoms with E-state index < -0.39 is 0 Å². The molecule has 1 aromatic carbocycles. The number of hydrogen-bond acceptors (Lipinski definition) is 6. The van der Waals surface area contributed by atoms with E-state index in [-0.39, 0.29) is 18.4 Å². The normalized spacial score (nSPS) is 17.0. The lowest BCUT2D eigenvalue weighted by Gasteiger charge is -2.15. The van der Waals surface area contributed by atoms with E-state index in [9.17, 15) is 4.79 Å². The Labute approximate surface area is 150 Å². The number of carbonyl (C=O) groups excluding carboxylic acids is 1. The Morgan fingerprint density at radius 2 is 2.23 bits per heavy atom. The molecule has 0 fully saturated rings. The van der Waals surface area contributed by atoms with Gasteiger partial charge in [0.2, 0.25) is 5.91 Å². The molecule has 0 saturated heterocycles. The summed E-state index contributed by atoms with van der Waals surface area (Å²) in [6, 6.07) is 7.68. The smallest absolute Gasteiger partial charge is 0.226 e. The number of para-hydroxylation sites is 1. The SMILES string of the molecule is COCc1nnc2n1CCC(NC(=O)Cc1noc3ccccc13)CC2. The van der Waals surface area contributed by atoms with Crippen LogP contribution in [0.5, 0.6) is 0 Å². The van der Waals surface area contributed by atoms with Gasteiger partial charge in [0.1, 0.15) is 18.1 Å². The Bertz CT molecular complexity index is 917. The van der Waals surface area contributed by atoms with Gasteiger partial charge in [0, 0.05) is 31.5 Å². The second kappa shape index (κ2) is 7.25. The fourth-order valence-electron chi connectivity index (χ4n) is 3.42. The van der Waals surface area contributed by atoms with Crippen molar-refractivity contribution in [1.29, 1.82) is 0 Å². The highest BCUT2D eigenvalue weighted by molar-refractivity contribution is 5.86. The maximum atomic E-state index is 12.5. The topological polar surface area (TPSA) is 95.1 Å². The second-order valence-electron chi connectivity index (χ2n) is 6.51. The van der Waals surface area contributed by atoms with Crippen molar-refractivity contribution in [2.24, 2.45) is 0 Å². The molecule has 1 aliphatic heterocycles. The fourth-order valence-corrected chi connectivity index (χ4v) is 3.42. The molecule has 1 unspecified atom stereocenters. The molecule has 26 heavy (non-hydrogen) atoms. The van der Waals surface area contributed by atoms with E-state index in [1.165, 1.54) is 0 Å². The molecule has 8 heteroatoms. The molecular formula is C18H21N5O3. The molecule has 8 nitrogen and oxygen atoms in total. The van der Waals surface area contributed by atoms with Crippen molar-refractivity contribution in [1.82, 2.24) is 25.2 Å². The van der Waals surface area contributed by atoms with Crippen LogP contribution in [0.15, 0.2) is 28.8 Å². The van der Waals surface area contributed by atoms with Gasteiger partial charge < -0.3 is 19.1 Å². The summed E-state index contributed by atoms with van der Waals surface area (Å²) in [6.07, 6.45) is 2.69. The number of fused-ring (bicyclic) bond motifs is 2. The number of aromatic nitrogens is 4. The highest BCUT2D eigenvalue weighted by Crippen LogP contribution is 2.19. The molecule has 3 aromatic rings. The summed E-state index contributed by atoms with van der Waals surface area (Å²) in [7, 11) is 1.65.